The van der Waals surface area contributed by atoms with E-state index in [4.69, 9.17) is 14.8 Å². The first-order valence-electron chi connectivity index (χ1n) is 10.5. The maximum absolute atomic E-state index is 11.9. The van der Waals surface area contributed by atoms with Gasteiger partial charge in [0.15, 0.2) is 11.6 Å². The first kappa shape index (κ1) is 19.3. The Morgan fingerprint density at radius 3 is 2.64 bits per heavy atom. The lowest BCUT2D eigenvalue weighted by molar-refractivity contribution is 0.0686. The van der Waals surface area contributed by atoms with Gasteiger partial charge in [-0.15, -0.1) is 0 Å². The van der Waals surface area contributed by atoms with E-state index in [0.717, 1.165) is 74.6 Å². The van der Waals surface area contributed by atoms with Crippen molar-refractivity contribution in [2.45, 2.75) is 76.4 Å². The van der Waals surface area contributed by atoms with Gasteiger partial charge in [-0.1, -0.05) is 26.7 Å². The van der Waals surface area contributed by atoms with E-state index < -0.39 is 6.10 Å². The number of ether oxygens (including phenoxy) is 1. The van der Waals surface area contributed by atoms with Crippen LogP contribution in [0.1, 0.15) is 81.8 Å². The quantitative estimate of drug-likeness (QED) is 0.842. The largest absolute Gasteiger partial charge is 0.391 e. The number of aliphatic hydroxyl groups excluding tert-OH is 1. The summed E-state index contributed by atoms with van der Waals surface area (Å²) in [4.78, 5) is 19.9. The van der Waals surface area contributed by atoms with Gasteiger partial charge in [0.1, 0.15) is 0 Å². The molecule has 28 heavy (non-hydrogen) atoms. The topological polar surface area (TPSA) is 93.0 Å². The van der Waals surface area contributed by atoms with Crippen LogP contribution in [0.3, 0.4) is 0 Å². The molecule has 2 aromatic rings. The molecule has 2 atom stereocenters. The van der Waals surface area contributed by atoms with Crippen molar-refractivity contribution in [3.8, 4) is 11.4 Å². The second kappa shape index (κ2) is 8.17. The van der Waals surface area contributed by atoms with Gasteiger partial charge in [0.2, 0.25) is 5.56 Å². The highest BCUT2D eigenvalue weighted by atomic mass is 16.5. The number of nitrogens with one attached hydrogen (secondary N) is 1. The molecule has 2 fully saturated rings. The Balaban J connectivity index is 1.83. The lowest BCUT2D eigenvalue weighted by Gasteiger charge is -2.29. The normalized spacial score (nSPS) is 24.0. The summed E-state index contributed by atoms with van der Waals surface area (Å²) in [6, 6.07) is 3.32. The molecule has 3 heterocycles. The maximum atomic E-state index is 11.9. The van der Waals surface area contributed by atoms with Crippen LogP contribution in [-0.4, -0.2) is 44.2 Å². The predicted octanol–water partition coefficient (Wildman–Crippen LogP) is 3.13. The first-order chi connectivity index (χ1) is 13.5. The van der Waals surface area contributed by atoms with Gasteiger partial charge in [0.25, 0.3) is 0 Å². The van der Waals surface area contributed by atoms with Crippen molar-refractivity contribution in [2.24, 2.45) is 0 Å². The molecule has 1 aliphatic heterocycles. The number of aromatic nitrogens is 4. The van der Waals surface area contributed by atoms with Crippen molar-refractivity contribution in [1.29, 1.82) is 0 Å². The molecule has 2 aliphatic rings. The average Bonchev–Trinajstić information content (AvgIpc) is 3.14. The van der Waals surface area contributed by atoms with Crippen molar-refractivity contribution < 1.29 is 9.84 Å². The molecule has 1 aliphatic carbocycles. The number of aromatic amines is 1. The van der Waals surface area contributed by atoms with E-state index in [1.807, 2.05) is 10.7 Å². The molecular weight excluding hydrogens is 356 g/mol. The summed E-state index contributed by atoms with van der Waals surface area (Å²) in [5.74, 6) is 2.01. The Labute approximate surface area is 165 Å². The highest BCUT2D eigenvalue weighted by Crippen LogP contribution is 2.35. The molecule has 0 unspecified atom stereocenters. The first-order valence-corrected chi connectivity index (χ1v) is 10.5. The standard InChI is InChI=1S/C21H30N4O3/c1-13(2)19-15(7-8-18(27)22-19)21-23-20(14-9-11-28-12-10-14)24-25(21)16-5-3-4-6-17(16)26/h7-8,13-14,16-17,26H,3-6,9-12H2,1-2H3,(H,22,27)/t16-,17-/m1/s1. The second-order valence-corrected chi connectivity index (χ2v) is 8.35. The monoisotopic (exact) mass is 386 g/mol. The van der Waals surface area contributed by atoms with Crippen LogP contribution in [0.25, 0.3) is 11.4 Å². The minimum Gasteiger partial charge on any atom is -0.391 e. The summed E-state index contributed by atoms with van der Waals surface area (Å²) in [6.07, 6.45) is 5.23. The molecule has 0 radical (unpaired) electrons. The number of hydrogen-bond acceptors (Lipinski definition) is 5. The summed E-state index contributed by atoms with van der Waals surface area (Å²) in [7, 11) is 0. The molecule has 0 aromatic carbocycles. The lowest BCUT2D eigenvalue weighted by atomic mass is 9.92. The third kappa shape index (κ3) is 3.78. The highest BCUT2D eigenvalue weighted by molar-refractivity contribution is 5.59. The number of hydrogen-bond donors (Lipinski definition) is 2. The van der Waals surface area contributed by atoms with Crippen LogP contribution in [0.15, 0.2) is 16.9 Å². The van der Waals surface area contributed by atoms with Gasteiger partial charge in [-0.25, -0.2) is 9.67 Å². The van der Waals surface area contributed by atoms with Crippen molar-refractivity contribution in [2.75, 3.05) is 13.2 Å². The molecule has 4 rings (SSSR count). The fraction of sp³-hybridized carbons (Fsp3) is 0.667. The Morgan fingerprint density at radius 2 is 1.93 bits per heavy atom. The summed E-state index contributed by atoms with van der Waals surface area (Å²) in [5, 5.41) is 15.6. The number of nitrogens with zero attached hydrogens (tertiary/aromatic N) is 3. The van der Waals surface area contributed by atoms with Gasteiger partial charge in [-0.3, -0.25) is 4.79 Å². The Bertz CT molecular complexity index is 867. The van der Waals surface area contributed by atoms with Gasteiger partial charge in [0.05, 0.1) is 12.1 Å². The van der Waals surface area contributed by atoms with E-state index in [-0.39, 0.29) is 23.4 Å². The Kier molecular flexibility index (Phi) is 5.64. The van der Waals surface area contributed by atoms with Crippen molar-refractivity contribution in [3.05, 3.63) is 34.0 Å². The van der Waals surface area contributed by atoms with Crippen LogP contribution < -0.4 is 5.56 Å². The van der Waals surface area contributed by atoms with E-state index in [2.05, 4.69) is 18.8 Å². The molecule has 1 saturated carbocycles. The SMILES string of the molecule is CC(C)c1[nH]c(=O)ccc1-c1nc(C2CCOCC2)nn1[C@@H]1CCCC[C@H]1O. The van der Waals surface area contributed by atoms with Gasteiger partial charge < -0.3 is 14.8 Å². The smallest absolute Gasteiger partial charge is 0.248 e. The van der Waals surface area contributed by atoms with Crippen LogP contribution in [0.5, 0.6) is 0 Å². The van der Waals surface area contributed by atoms with Gasteiger partial charge in [0, 0.05) is 36.5 Å². The summed E-state index contributed by atoms with van der Waals surface area (Å²) >= 11 is 0. The Hall–Kier alpha value is -1.99. The summed E-state index contributed by atoms with van der Waals surface area (Å²) in [6.45, 7) is 5.58. The molecule has 7 heteroatoms. The van der Waals surface area contributed by atoms with Crippen molar-refractivity contribution in [1.82, 2.24) is 19.7 Å². The predicted molar refractivity (Wildman–Crippen MR) is 106 cm³/mol. The number of rotatable bonds is 4. The van der Waals surface area contributed by atoms with Crippen LogP contribution in [0.4, 0.5) is 0 Å². The second-order valence-electron chi connectivity index (χ2n) is 8.35. The number of H-pyrrole nitrogens is 1. The van der Waals surface area contributed by atoms with E-state index in [9.17, 15) is 9.90 Å². The molecule has 0 amide bonds. The third-order valence-corrected chi connectivity index (χ3v) is 6.01. The van der Waals surface area contributed by atoms with Crippen LogP contribution in [0, 0.1) is 0 Å². The molecule has 2 N–H and O–H groups in total. The fourth-order valence-corrected chi connectivity index (χ4v) is 4.40. The lowest BCUT2D eigenvalue weighted by Crippen LogP contribution is -2.29. The van der Waals surface area contributed by atoms with E-state index in [0.29, 0.717) is 0 Å². The highest BCUT2D eigenvalue weighted by Gasteiger charge is 2.31. The Morgan fingerprint density at radius 1 is 1.18 bits per heavy atom. The maximum Gasteiger partial charge on any atom is 0.248 e. The summed E-state index contributed by atoms with van der Waals surface area (Å²) in [5.41, 5.74) is 1.66. The summed E-state index contributed by atoms with van der Waals surface area (Å²) < 4.78 is 7.44. The van der Waals surface area contributed by atoms with Crippen LogP contribution >= 0.6 is 0 Å². The minimum absolute atomic E-state index is 0.0724. The van der Waals surface area contributed by atoms with Gasteiger partial charge >= 0.3 is 0 Å². The molecular formula is C21H30N4O3. The zero-order valence-corrected chi connectivity index (χ0v) is 16.7. The molecule has 0 spiro atoms. The minimum atomic E-state index is -0.415. The molecule has 152 valence electrons. The molecule has 7 nitrogen and oxygen atoms in total. The van der Waals surface area contributed by atoms with Crippen LogP contribution in [0.2, 0.25) is 0 Å². The molecule has 2 aromatic heterocycles. The van der Waals surface area contributed by atoms with E-state index in [1.54, 1.807) is 6.07 Å². The average molecular weight is 386 g/mol. The van der Waals surface area contributed by atoms with Crippen molar-refractivity contribution in [3.63, 3.8) is 0 Å². The van der Waals surface area contributed by atoms with Crippen molar-refractivity contribution >= 4 is 0 Å². The van der Waals surface area contributed by atoms with Crippen LogP contribution in [-0.2, 0) is 4.74 Å². The van der Waals surface area contributed by atoms with E-state index >= 15 is 0 Å². The molecule has 0 bridgehead atoms. The zero-order valence-electron chi connectivity index (χ0n) is 16.7. The fourth-order valence-electron chi connectivity index (χ4n) is 4.40. The zero-order chi connectivity index (χ0) is 19.7. The van der Waals surface area contributed by atoms with Gasteiger partial charge in [-0.05, 0) is 37.7 Å². The number of pyridine rings is 1. The number of aliphatic hydroxyl groups is 1. The van der Waals surface area contributed by atoms with Gasteiger partial charge in [-0.2, -0.15) is 5.10 Å². The van der Waals surface area contributed by atoms with E-state index in [1.165, 1.54) is 0 Å². The molecule has 1 saturated heterocycles. The third-order valence-electron chi connectivity index (χ3n) is 6.01.